The number of thiocarbonyl (C=S) groups is 1. The Balaban J connectivity index is 1.38. The van der Waals surface area contributed by atoms with Crippen LogP contribution in [0.3, 0.4) is 0 Å². The molecule has 35 heavy (non-hydrogen) atoms. The SMILES string of the molecule is O=[N+]([O-])c1ccc(-c2ccc([C@@H]3[C@@H](c4ccccn4)NC(=S)N3CCCN3CCOCC3)o2)cc1. The molecule has 0 aliphatic carbocycles. The van der Waals surface area contributed by atoms with Crippen molar-refractivity contribution >= 4 is 23.0 Å². The molecule has 0 bridgehead atoms. The number of non-ortho nitro benzene ring substituents is 1. The Morgan fingerprint density at radius 1 is 1.09 bits per heavy atom. The maximum Gasteiger partial charge on any atom is 0.269 e. The van der Waals surface area contributed by atoms with Crippen LogP contribution in [0.1, 0.15) is 30.0 Å². The van der Waals surface area contributed by atoms with E-state index in [2.05, 4.69) is 20.1 Å². The Bertz CT molecular complexity index is 1160. The summed E-state index contributed by atoms with van der Waals surface area (Å²) < 4.78 is 11.8. The first-order valence-corrected chi connectivity index (χ1v) is 12.1. The van der Waals surface area contributed by atoms with Gasteiger partial charge in [-0.15, -0.1) is 0 Å². The highest BCUT2D eigenvalue weighted by atomic mass is 32.1. The van der Waals surface area contributed by atoms with E-state index in [1.165, 1.54) is 12.1 Å². The zero-order valence-electron chi connectivity index (χ0n) is 19.2. The fraction of sp³-hybridized carbons (Fsp3) is 0.360. The van der Waals surface area contributed by atoms with Crippen molar-refractivity contribution in [1.82, 2.24) is 20.1 Å². The number of benzene rings is 1. The molecule has 0 unspecified atom stereocenters. The van der Waals surface area contributed by atoms with Crippen molar-refractivity contribution in [3.05, 3.63) is 82.4 Å². The molecule has 2 aliphatic rings. The van der Waals surface area contributed by atoms with E-state index in [9.17, 15) is 10.1 Å². The zero-order valence-corrected chi connectivity index (χ0v) is 20.0. The highest BCUT2D eigenvalue weighted by molar-refractivity contribution is 7.80. The molecule has 1 N–H and O–H groups in total. The number of nitro benzene ring substituents is 1. The normalized spacial score (nSPS) is 20.7. The van der Waals surface area contributed by atoms with Crippen LogP contribution in [0.2, 0.25) is 0 Å². The smallest absolute Gasteiger partial charge is 0.269 e. The van der Waals surface area contributed by atoms with Crippen LogP contribution < -0.4 is 5.32 Å². The van der Waals surface area contributed by atoms with Gasteiger partial charge in [-0.25, -0.2) is 0 Å². The molecule has 5 rings (SSSR count). The number of morpholine rings is 1. The van der Waals surface area contributed by atoms with Crippen LogP contribution in [-0.4, -0.2) is 64.2 Å². The molecule has 2 saturated heterocycles. The molecule has 4 heterocycles. The van der Waals surface area contributed by atoms with E-state index in [0.717, 1.165) is 62.8 Å². The minimum atomic E-state index is -0.408. The predicted octanol–water partition coefficient (Wildman–Crippen LogP) is 3.94. The number of nitrogens with one attached hydrogen (secondary N) is 1. The van der Waals surface area contributed by atoms with Gasteiger partial charge in [-0.3, -0.25) is 20.0 Å². The molecule has 2 aliphatic heterocycles. The molecule has 0 saturated carbocycles. The van der Waals surface area contributed by atoms with E-state index in [1.54, 1.807) is 18.3 Å². The number of nitro groups is 1. The molecule has 2 fully saturated rings. The Kier molecular flexibility index (Phi) is 7.03. The van der Waals surface area contributed by atoms with Gasteiger partial charge >= 0.3 is 0 Å². The lowest BCUT2D eigenvalue weighted by atomic mass is 10.0. The Hall–Kier alpha value is -3.34. The summed E-state index contributed by atoms with van der Waals surface area (Å²) in [7, 11) is 0. The van der Waals surface area contributed by atoms with Gasteiger partial charge in [0.1, 0.15) is 17.6 Å². The molecular formula is C25H27N5O4S. The first kappa shape index (κ1) is 23.4. The van der Waals surface area contributed by atoms with Crippen molar-refractivity contribution in [2.45, 2.75) is 18.5 Å². The molecule has 2 atom stereocenters. The summed E-state index contributed by atoms with van der Waals surface area (Å²) in [6.45, 7) is 5.25. The maximum absolute atomic E-state index is 11.0. The van der Waals surface area contributed by atoms with Crippen LogP contribution in [0.15, 0.2) is 65.2 Å². The molecule has 0 amide bonds. The van der Waals surface area contributed by atoms with E-state index in [1.807, 2.05) is 30.3 Å². The number of furan rings is 1. The summed E-state index contributed by atoms with van der Waals surface area (Å²) in [6.07, 6.45) is 2.74. The molecule has 10 heteroatoms. The number of rotatable bonds is 8. The van der Waals surface area contributed by atoms with Crippen molar-refractivity contribution in [2.24, 2.45) is 0 Å². The lowest BCUT2D eigenvalue weighted by molar-refractivity contribution is -0.384. The van der Waals surface area contributed by atoms with Crippen LogP contribution in [0.25, 0.3) is 11.3 Å². The summed E-state index contributed by atoms with van der Waals surface area (Å²) in [6, 6.07) is 15.8. The van der Waals surface area contributed by atoms with Crippen LogP contribution in [0, 0.1) is 10.1 Å². The monoisotopic (exact) mass is 493 g/mol. The fourth-order valence-corrected chi connectivity index (χ4v) is 4.99. The molecule has 9 nitrogen and oxygen atoms in total. The zero-order chi connectivity index (χ0) is 24.2. The van der Waals surface area contributed by atoms with Gasteiger partial charge in [0.2, 0.25) is 0 Å². The molecule has 2 aromatic heterocycles. The van der Waals surface area contributed by atoms with Crippen LogP contribution >= 0.6 is 12.2 Å². The molecule has 0 spiro atoms. The lowest BCUT2D eigenvalue weighted by Gasteiger charge is -2.29. The van der Waals surface area contributed by atoms with E-state index in [-0.39, 0.29) is 17.8 Å². The van der Waals surface area contributed by atoms with Crippen LogP contribution in [-0.2, 0) is 4.74 Å². The highest BCUT2D eigenvalue weighted by Gasteiger charge is 2.41. The van der Waals surface area contributed by atoms with E-state index in [4.69, 9.17) is 21.4 Å². The van der Waals surface area contributed by atoms with Crippen molar-refractivity contribution < 1.29 is 14.1 Å². The van der Waals surface area contributed by atoms with Crippen LogP contribution in [0.5, 0.6) is 0 Å². The molecular weight excluding hydrogens is 466 g/mol. The van der Waals surface area contributed by atoms with Gasteiger partial charge in [0.05, 0.1) is 29.9 Å². The summed E-state index contributed by atoms with van der Waals surface area (Å²) in [5.74, 6) is 1.42. The number of ether oxygens (including phenoxy) is 1. The van der Waals surface area contributed by atoms with Gasteiger partial charge < -0.3 is 19.4 Å². The van der Waals surface area contributed by atoms with Gasteiger partial charge in [-0.05, 0) is 55.0 Å². The summed E-state index contributed by atoms with van der Waals surface area (Å²) >= 11 is 5.75. The van der Waals surface area contributed by atoms with Crippen molar-refractivity contribution in [1.29, 1.82) is 0 Å². The molecule has 182 valence electrons. The van der Waals surface area contributed by atoms with Crippen molar-refractivity contribution in [3.8, 4) is 11.3 Å². The predicted molar refractivity (Wildman–Crippen MR) is 135 cm³/mol. The second-order valence-electron chi connectivity index (χ2n) is 8.63. The third-order valence-corrected chi connectivity index (χ3v) is 6.81. The maximum atomic E-state index is 11.0. The fourth-order valence-electron chi connectivity index (χ4n) is 4.66. The largest absolute Gasteiger partial charge is 0.459 e. The second-order valence-corrected chi connectivity index (χ2v) is 9.02. The summed E-state index contributed by atoms with van der Waals surface area (Å²) in [5, 5.41) is 15.1. The third kappa shape index (κ3) is 5.19. The highest BCUT2D eigenvalue weighted by Crippen LogP contribution is 2.40. The van der Waals surface area contributed by atoms with Gasteiger partial charge in [-0.1, -0.05) is 6.07 Å². The summed E-state index contributed by atoms with van der Waals surface area (Å²) in [4.78, 5) is 19.8. The quantitative estimate of drug-likeness (QED) is 0.284. The molecule has 0 radical (unpaired) electrons. The van der Waals surface area contributed by atoms with Crippen molar-refractivity contribution in [3.63, 3.8) is 0 Å². The van der Waals surface area contributed by atoms with E-state index < -0.39 is 4.92 Å². The first-order valence-electron chi connectivity index (χ1n) is 11.7. The van der Waals surface area contributed by atoms with Gasteiger partial charge in [-0.2, -0.15) is 0 Å². The number of aromatic nitrogens is 1. The Morgan fingerprint density at radius 2 is 1.89 bits per heavy atom. The Morgan fingerprint density at radius 3 is 2.60 bits per heavy atom. The van der Waals surface area contributed by atoms with E-state index in [0.29, 0.717) is 10.9 Å². The minimum absolute atomic E-state index is 0.0486. The van der Waals surface area contributed by atoms with E-state index >= 15 is 0 Å². The molecule has 1 aromatic carbocycles. The average molecular weight is 494 g/mol. The number of nitrogens with zero attached hydrogens (tertiary/aromatic N) is 4. The first-order chi connectivity index (χ1) is 17.1. The summed E-state index contributed by atoms with van der Waals surface area (Å²) in [5.41, 5.74) is 1.72. The number of pyridine rings is 1. The number of hydrogen-bond acceptors (Lipinski definition) is 7. The lowest BCUT2D eigenvalue weighted by Crippen LogP contribution is -2.38. The van der Waals surface area contributed by atoms with Gasteiger partial charge in [0.15, 0.2) is 5.11 Å². The van der Waals surface area contributed by atoms with Gasteiger partial charge in [0, 0.05) is 50.1 Å². The standard InChI is InChI=1S/C25H27N5O4S/c31-30(32)19-7-5-18(6-8-19)21-9-10-22(34-21)24-23(20-4-1-2-11-26-20)27-25(35)29(24)13-3-12-28-14-16-33-17-15-28/h1-2,4-11,23-24H,3,12-17H2,(H,27,35)/t23-,24-/m1/s1. The molecule has 3 aromatic rings. The topological polar surface area (TPSA) is 96.9 Å². The second kappa shape index (κ2) is 10.5. The van der Waals surface area contributed by atoms with Crippen molar-refractivity contribution in [2.75, 3.05) is 39.4 Å². The minimum Gasteiger partial charge on any atom is -0.459 e. The van der Waals surface area contributed by atoms with Gasteiger partial charge in [0.25, 0.3) is 5.69 Å². The average Bonchev–Trinajstić information content (AvgIpc) is 3.50. The van der Waals surface area contributed by atoms with Crippen LogP contribution in [0.4, 0.5) is 5.69 Å². The number of hydrogen-bond donors (Lipinski definition) is 1. The third-order valence-electron chi connectivity index (χ3n) is 6.46. The Labute approximate surface area is 208 Å².